The van der Waals surface area contributed by atoms with Gasteiger partial charge in [-0.05, 0) is 6.42 Å². The standard InChI is InChI=1S/C4H7F3.C4H9F/c1-2-4(6,7)3-5;1-2-3-4-5/h2-3H2,1H3;2-4H2,1H3. The SMILES string of the molecule is CCC(F)(F)CF.CCCCF. The van der Waals surface area contributed by atoms with Crippen LogP contribution in [-0.4, -0.2) is 19.3 Å². The molecule has 0 nitrogen and oxygen atoms in total. The molecule has 0 aromatic heterocycles. The van der Waals surface area contributed by atoms with Gasteiger partial charge in [0.15, 0.2) is 6.67 Å². The van der Waals surface area contributed by atoms with Gasteiger partial charge in [0, 0.05) is 6.42 Å². The lowest BCUT2D eigenvalue weighted by Gasteiger charge is -2.05. The van der Waals surface area contributed by atoms with Gasteiger partial charge in [-0.25, -0.2) is 13.2 Å². The highest BCUT2D eigenvalue weighted by Gasteiger charge is 2.24. The molecule has 0 spiro atoms. The van der Waals surface area contributed by atoms with Gasteiger partial charge in [0.25, 0.3) is 5.92 Å². The highest BCUT2D eigenvalue weighted by atomic mass is 19.3. The summed E-state index contributed by atoms with van der Waals surface area (Å²) in [6.07, 6.45) is 1.28. The summed E-state index contributed by atoms with van der Waals surface area (Å²) in [5.74, 6) is -3.08. The summed E-state index contributed by atoms with van der Waals surface area (Å²) in [7, 11) is 0. The number of hydrogen-bond acceptors (Lipinski definition) is 0. The summed E-state index contributed by atoms with van der Waals surface area (Å²) in [6, 6.07) is 0. The molecule has 0 saturated carbocycles. The van der Waals surface area contributed by atoms with Crippen LogP contribution in [0.15, 0.2) is 0 Å². The Morgan fingerprint density at radius 1 is 1.08 bits per heavy atom. The lowest BCUT2D eigenvalue weighted by atomic mass is 10.3. The third kappa shape index (κ3) is 12.4. The Bertz CT molecular complexity index is 75.1. The lowest BCUT2D eigenvalue weighted by Crippen LogP contribution is -2.16. The largest absolute Gasteiger partial charge is 0.275 e. The third-order valence-electron chi connectivity index (χ3n) is 1.20. The molecule has 76 valence electrons. The zero-order chi connectivity index (χ0) is 10.0. The number of hydrogen-bond donors (Lipinski definition) is 0. The van der Waals surface area contributed by atoms with Crippen LogP contribution in [0, 0.1) is 0 Å². The number of unbranched alkanes of at least 4 members (excludes halogenated alkanes) is 1. The normalized spacial score (nSPS) is 10.5. The Labute approximate surface area is 71.0 Å². The van der Waals surface area contributed by atoms with Crippen LogP contribution in [0.3, 0.4) is 0 Å². The second-order valence-electron chi connectivity index (χ2n) is 2.39. The second kappa shape index (κ2) is 8.81. The van der Waals surface area contributed by atoms with E-state index < -0.39 is 19.0 Å². The van der Waals surface area contributed by atoms with Crippen LogP contribution in [0.5, 0.6) is 0 Å². The van der Waals surface area contributed by atoms with E-state index in [0.29, 0.717) is 0 Å². The second-order valence-corrected chi connectivity index (χ2v) is 2.39. The molecule has 0 bridgehead atoms. The molecule has 4 heteroatoms. The van der Waals surface area contributed by atoms with Crippen molar-refractivity contribution < 1.29 is 17.6 Å². The quantitative estimate of drug-likeness (QED) is 0.589. The fraction of sp³-hybridized carbons (Fsp3) is 1.00. The molecule has 0 aliphatic carbocycles. The molecule has 0 aromatic rings. The average molecular weight is 188 g/mol. The fourth-order valence-electron chi connectivity index (χ4n) is 0.228. The van der Waals surface area contributed by atoms with E-state index in [-0.39, 0.29) is 6.67 Å². The molecule has 0 heterocycles. The maximum Gasteiger partial charge on any atom is 0.275 e. The minimum atomic E-state index is -3.08. The Kier molecular flexibility index (Phi) is 10.5. The van der Waals surface area contributed by atoms with E-state index in [0.717, 1.165) is 12.8 Å². The molecule has 0 atom stereocenters. The van der Waals surface area contributed by atoms with E-state index >= 15 is 0 Å². The van der Waals surface area contributed by atoms with Crippen LogP contribution in [0.1, 0.15) is 33.1 Å². The first-order valence-corrected chi connectivity index (χ1v) is 4.03. The van der Waals surface area contributed by atoms with Crippen molar-refractivity contribution in [1.29, 1.82) is 0 Å². The zero-order valence-corrected chi connectivity index (χ0v) is 7.55. The first kappa shape index (κ1) is 14.3. The first-order valence-electron chi connectivity index (χ1n) is 4.03. The predicted octanol–water partition coefficient (Wildman–Crippen LogP) is 3.76. The highest BCUT2D eigenvalue weighted by molar-refractivity contribution is 4.58. The van der Waals surface area contributed by atoms with Gasteiger partial charge >= 0.3 is 0 Å². The van der Waals surface area contributed by atoms with Gasteiger partial charge in [0.1, 0.15) is 0 Å². The number of halogens is 4. The van der Waals surface area contributed by atoms with E-state index in [9.17, 15) is 17.6 Å². The van der Waals surface area contributed by atoms with Crippen LogP contribution in [0.4, 0.5) is 17.6 Å². The van der Waals surface area contributed by atoms with Crippen LogP contribution in [0.25, 0.3) is 0 Å². The van der Waals surface area contributed by atoms with Crippen molar-refractivity contribution in [3.8, 4) is 0 Å². The maximum absolute atomic E-state index is 11.5. The van der Waals surface area contributed by atoms with Crippen molar-refractivity contribution >= 4 is 0 Å². The molecular weight excluding hydrogens is 172 g/mol. The Morgan fingerprint density at radius 3 is 1.58 bits per heavy atom. The predicted molar refractivity (Wildman–Crippen MR) is 42.1 cm³/mol. The molecule has 0 fully saturated rings. The molecule has 0 amide bonds. The monoisotopic (exact) mass is 188 g/mol. The topological polar surface area (TPSA) is 0 Å². The van der Waals surface area contributed by atoms with E-state index in [1.807, 2.05) is 6.92 Å². The van der Waals surface area contributed by atoms with Crippen molar-refractivity contribution in [3.05, 3.63) is 0 Å². The molecule has 0 rings (SSSR count). The van der Waals surface area contributed by atoms with Crippen molar-refractivity contribution in [1.82, 2.24) is 0 Å². The summed E-state index contributed by atoms with van der Waals surface area (Å²) in [5, 5.41) is 0. The van der Waals surface area contributed by atoms with Gasteiger partial charge in [0.2, 0.25) is 0 Å². The molecule has 0 aliphatic heterocycles. The van der Waals surface area contributed by atoms with Gasteiger partial charge in [0.05, 0.1) is 6.67 Å². The summed E-state index contributed by atoms with van der Waals surface area (Å²) < 4.78 is 45.0. The van der Waals surface area contributed by atoms with Gasteiger partial charge in [-0.3, -0.25) is 4.39 Å². The van der Waals surface area contributed by atoms with Crippen LogP contribution in [0.2, 0.25) is 0 Å². The van der Waals surface area contributed by atoms with Gasteiger partial charge in [-0.1, -0.05) is 20.3 Å². The summed E-state index contributed by atoms with van der Waals surface area (Å²) in [6.45, 7) is 1.53. The smallest absolute Gasteiger partial charge is 0.251 e. The molecule has 12 heavy (non-hydrogen) atoms. The summed E-state index contributed by atoms with van der Waals surface area (Å²) >= 11 is 0. The molecule has 0 radical (unpaired) electrons. The Hall–Kier alpha value is -0.280. The van der Waals surface area contributed by atoms with E-state index in [1.54, 1.807) is 0 Å². The van der Waals surface area contributed by atoms with Crippen molar-refractivity contribution in [3.63, 3.8) is 0 Å². The molecule has 0 aliphatic rings. The zero-order valence-electron chi connectivity index (χ0n) is 7.55. The van der Waals surface area contributed by atoms with Crippen LogP contribution < -0.4 is 0 Å². The fourth-order valence-corrected chi connectivity index (χ4v) is 0.228. The summed E-state index contributed by atoms with van der Waals surface area (Å²) in [4.78, 5) is 0. The van der Waals surface area contributed by atoms with E-state index in [4.69, 9.17) is 0 Å². The lowest BCUT2D eigenvalue weighted by molar-refractivity contribution is -0.0255. The highest BCUT2D eigenvalue weighted by Crippen LogP contribution is 2.16. The van der Waals surface area contributed by atoms with E-state index in [2.05, 4.69) is 0 Å². The maximum atomic E-state index is 11.5. The van der Waals surface area contributed by atoms with Crippen molar-refractivity contribution in [2.45, 2.75) is 39.0 Å². The average Bonchev–Trinajstić information content (AvgIpc) is 2.07. The third-order valence-corrected chi connectivity index (χ3v) is 1.20. The number of alkyl halides is 4. The molecule has 0 unspecified atom stereocenters. The van der Waals surface area contributed by atoms with Crippen molar-refractivity contribution in [2.75, 3.05) is 13.3 Å². The summed E-state index contributed by atoms with van der Waals surface area (Å²) in [5.41, 5.74) is 0. The number of rotatable bonds is 4. The molecular formula is C8H16F4. The Morgan fingerprint density at radius 2 is 1.58 bits per heavy atom. The van der Waals surface area contributed by atoms with Gasteiger partial charge in [-0.15, -0.1) is 0 Å². The van der Waals surface area contributed by atoms with Gasteiger partial charge in [-0.2, -0.15) is 0 Å². The van der Waals surface area contributed by atoms with Crippen LogP contribution in [-0.2, 0) is 0 Å². The van der Waals surface area contributed by atoms with E-state index in [1.165, 1.54) is 6.92 Å². The minimum absolute atomic E-state index is 0.156. The van der Waals surface area contributed by atoms with Crippen LogP contribution >= 0.6 is 0 Å². The molecule has 0 aromatic carbocycles. The Balaban J connectivity index is 0. The molecule has 0 saturated heterocycles. The first-order chi connectivity index (χ1) is 5.54. The van der Waals surface area contributed by atoms with Crippen molar-refractivity contribution in [2.24, 2.45) is 0 Å². The van der Waals surface area contributed by atoms with Gasteiger partial charge < -0.3 is 0 Å². The minimum Gasteiger partial charge on any atom is -0.251 e. The molecule has 0 N–H and O–H groups in total.